The number of esters is 2. The van der Waals surface area contributed by atoms with Crippen molar-refractivity contribution in [3.05, 3.63) is 97.5 Å². The third-order valence-electron chi connectivity index (χ3n) is 7.03. The van der Waals surface area contributed by atoms with Gasteiger partial charge in [-0.2, -0.15) is 13.2 Å². The van der Waals surface area contributed by atoms with E-state index in [9.17, 15) is 47.0 Å². The van der Waals surface area contributed by atoms with Gasteiger partial charge in [0.2, 0.25) is 0 Å². The molecular formula is C34H37Cl2F3N3O14P. The maximum atomic E-state index is 12.8. The average molecular weight is 871 g/mol. The number of nitrogens with zero attached hydrogens (tertiary/aromatic N) is 2. The lowest BCUT2D eigenvalue weighted by Crippen LogP contribution is -2.30. The van der Waals surface area contributed by atoms with Crippen molar-refractivity contribution in [2.24, 2.45) is 5.41 Å². The molecule has 0 spiro atoms. The molecule has 23 heteroatoms. The lowest BCUT2D eigenvalue weighted by atomic mass is 9.95. The van der Waals surface area contributed by atoms with E-state index in [2.05, 4.69) is 5.32 Å². The van der Waals surface area contributed by atoms with Gasteiger partial charge in [0.25, 0.3) is 11.6 Å². The first kappa shape index (κ1) is 48.3. The Kier molecular flexibility index (Phi) is 17.9. The van der Waals surface area contributed by atoms with Crippen molar-refractivity contribution < 1.29 is 75.8 Å². The van der Waals surface area contributed by atoms with Crippen LogP contribution in [0.25, 0.3) is 0 Å². The Morgan fingerprint density at radius 1 is 1.09 bits per heavy atom. The first-order chi connectivity index (χ1) is 26.4. The number of aliphatic carboxylic acids is 1. The van der Waals surface area contributed by atoms with Crippen LogP contribution in [0.3, 0.4) is 0 Å². The van der Waals surface area contributed by atoms with Crippen LogP contribution in [0.5, 0.6) is 11.5 Å². The number of carbonyl (C=O) groups excluding carboxylic acids is 3. The maximum Gasteiger partial charge on any atom is 0.416 e. The summed E-state index contributed by atoms with van der Waals surface area (Å²) < 4.78 is 63.3. The SMILES string of the molecule is CC1(C)CON(Cc2ccccc2Cl)C1=O.CCOC(=O)C(C)OC(=O)c1cc(Oc2ccc(C(F)(F)F)cc2Cl)ccc1[N+](=O)[O-].O=C(O)CNCP(=O)(O)O. The Balaban J connectivity index is 0.000000355. The molecule has 3 aromatic rings. The molecule has 1 unspecified atom stereocenters. The summed E-state index contributed by atoms with van der Waals surface area (Å²) in [7, 11) is -4.10. The number of nitro benzene ring substituents is 1. The van der Waals surface area contributed by atoms with E-state index in [1.807, 2.05) is 38.1 Å². The van der Waals surface area contributed by atoms with Gasteiger partial charge in [-0.3, -0.25) is 34.4 Å². The van der Waals surface area contributed by atoms with Crippen LogP contribution in [0, 0.1) is 15.5 Å². The highest BCUT2D eigenvalue weighted by Crippen LogP contribution is 2.37. The first-order valence-electron chi connectivity index (χ1n) is 16.2. The summed E-state index contributed by atoms with van der Waals surface area (Å²) in [6, 6.07) is 12.8. The largest absolute Gasteiger partial charge is 0.480 e. The molecule has 312 valence electrons. The molecule has 3 aromatic carbocycles. The second kappa shape index (κ2) is 21.1. The number of carboxylic acid groups (broad SMARTS) is 1. The number of hydrogen-bond acceptors (Lipinski definition) is 12. The van der Waals surface area contributed by atoms with Crippen LogP contribution in [-0.4, -0.2) is 80.8 Å². The van der Waals surface area contributed by atoms with Gasteiger partial charge >= 0.3 is 31.7 Å². The second-order valence-electron chi connectivity index (χ2n) is 12.2. The van der Waals surface area contributed by atoms with E-state index in [4.69, 9.17) is 57.1 Å². The van der Waals surface area contributed by atoms with Gasteiger partial charge in [-0.1, -0.05) is 41.4 Å². The Hall–Kier alpha value is -4.82. The molecule has 1 saturated heterocycles. The monoisotopic (exact) mass is 869 g/mol. The predicted octanol–water partition coefficient (Wildman–Crippen LogP) is 6.60. The summed E-state index contributed by atoms with van der Waals surface area (Å²) in [5, 5.41) is 23.0. The normalized spacial score (nSPS) is 13.9. The number of benzene rings is 3. The molecule has 1 atom stereocenters. The van der Waals surface area contributed by atoms with Gasteiger partial charge in [-0.05, 0) is 63.6 Å². The smallest absolute Gasteiger partial charge is 0.416 e. The number of halogens is 5. The molecule has 1 fully saturated rings. The molecule has 0 aromatic heterocycles. The number of hydroxylamine groups is 2. The van der Waals surface area contributed by atoms with Crippen molar-refractivity contribution in [3.63, 3.8) is 0 Å². The minimum atomic E-state index is -4.61. The van der Waals surface area contributed by atoms with Crippen LogP contribution in [0.4, 0.5) is 18.9 Å². The van der Waals surface area contributed by atoms with E-state index < -0.39 is 77.8 Å². The molecule has 1 aliphatic heterocycles. The van der Waals surface area contributed by atoms with E-state index in [1.54, 1.807) is 6.92 Å². The predicted molar refractivity (Wildman–Crippen MR) is 195 cm³/mol. The number of alkyl halides is 3. The molecule has 1 aliphatic rings. The minimum absolute atomic E-state index is 0.00687. The van der Waals surface area contributed by atoms with Crippen LogP contribution in [0.15, 0.2) is 60.7 Å². The fourth-order valence-corrected chi connectivity index (χ4v) is 5.04. The van der Waals surface area contributed by atoms with Gasteiger partial charge in [-0.15, -0.1) is 0 Å². The number of nitrogens with one attached hydrogen (secondary N) is 1. The van der Waals surface area contributed by atoms with Crippen LogP contribution in [0.2, 0.25) is 10.0 Å². The molecular weight excluding hydrogens is 833 g/mol. The zero-order valence-electron chi connectivity index (χ0n) is 30.5. The second-order valence-corrected chi connectivity index (χ2v) is 14.7. The van der Waals surface area contributed by atoms with Crippen molar-refractivity contribution in [3.8, 4) is 11.5 Å². The molecule has 0 bridgehead atoms. The van der Waals surface area contributed by atoms with Crippen LogP contribution >= 0.6 is 30.8 Å². The molecule has 4 N–H and O–H groups in total. The van der Waals surface area contributed by atoms with Crippen LogP contribution < -0.4 is 10.1 Å². The first-order valence-corrected chi connectivity index (χ1v) is 18.8. The quantitative estimate of drug-likeness (QED) is 0.0612. The standard InChI is InChI=1S/C19H15ClF3NO7.C12H14ClNO2.C3H8NO5P/c1-3-29-17(25)10(2)30-18(26)13-9-12(5-6-15(13)24(27)28)31-16-7-4-11(8-14(16)20)19(21,22)23;1-12(2)8-16-14(11(12)15)7-9-5-3-4-6-10(9)13;5-3(6)1-4-2-10(7,8)9/h4-10H,3H2,1-2H3;3-6H,7-8H2,1-2H3;4H,1-2H2,(H,5,6)(H2,7,8,9). The average Bonchev–Trinajstić information content (AvgIpc) is 3.36. The highest BCUT2D eigenvalue weighted by molar-refractivity contribution is 7.51. The van der Waals surface area contributed by atoms with Gasteiger partial charge in [0.1, 0.15) is 17.1 Å². The van der Waals surface area contributed by atoms with Crippen molar-refractivity contribution in [1.29, 1.82) is 0 Å². The van der Waals surface area contributed by atoms with E-state index >= 15 is 0 Å². The zero-order valence-corrected chi connectivity index (χ0v) is 32.9. The Morgan fingerprint density at radius 3 is 2.25 bits per heavy atom. The maximum absolute atomic E-state index is 12.8. The van der Waals surface area contributed by atoms with Gasteiger partial charge in [0.05, 0.1) is 53.5 Å². The number of amides is 1. The molecule has 1 heterocycles. The molecule has 57 heavy (non-hydrogen) atoms. The topological polar surface area (TPSA) is 241 Å². The zero-order chi connectivity index (χ0) is 43.3. The van der Waals surface area contributed by atoms with Gasteiger partial charge in [0, 0.05) is 17.2 Å². The van der Waals surface area contributed by atoms with Crippen LogP contribution in [0.1, 0.15) is 49.2 Å². The molecule has 17 nitrogen and oxygen atoms in total. The highest BCUT2D eigenvalue weighted by Gasteiger charge is 2.40. The molecule has 1 amide bonds. The molecule has 0 saturated carbocycles. The summed E-state index contributed by atoms with van der Waals surface area (Å²) in [6.45, 7) is 6.96. The fraction of sp³-hybridized carbons (Fsp3) is 0.353. The van der Waals surface area contributed by atoms with Gasteiger partial charge in [-0.25, -0.2) is 14.7 Å². The summed E-state index contributed by atoms with van der Waals surface area (Å²) in [6.07, 6.45) is -6.54. The molecule has 4 rings (SSSR count). The number of rotatable bonds is 13. The van der Waals surface area contributed by atoms with E-state index in [1.165, 1.54) is 12.0 Å². The Morgan fingerprint density at radius 2 is 1.74 bits per heavy atom. The lowest BCUT2D eigenvalue weighted by Gasteiger charge is -2.16. The van der Waals surface area contributed by atoms with Crippen LogP contribution in [-0.2, 0) is 46.0 Å². The van der Waals surface area contributed by atoms with E-state index in [-0.39, 0.29) is 29.0 Å². The number of nitro groups is 1. The number of carbonyl (C=O) groups is 4. The van der Waals surface area contributed by atoms with Gasteiger partial charge in [0.15, 0.2) is 6.10 Å². The van der Waals surface area contributed by atoms with Crippen molar-refractivity contribution in [2.75, 3.05) is 26.0 Å². The summed E-state index contributed by atoms with van der Waals surface area (Å²) in [5.74, 6) is -3.50. The lowest BCUT2D eigenvalue weighted by molar-refractivity contribution is -0.385. The minimum Gasteiger partial charge on any atom is -0.480 e. The number of ether oxygens (including phenoxy) is 3. The fourth-order valence-electron chi connectivity index (χ4n) is 4.22. The number of carboxylic acids is 1. The van der Waals surface area contributed by atoms with E-state index in [0.717, 1.165) is 35.9 Å². The Bertz CT molecular complexity index is 1980. The van der Waals surface area contributed by atoms with Crippen molar-refractivity contribution >= 4 is 60.3 Å². The van der Waals surface area contributed by atoms with Gasteiger partial charge < -0.3 is 29.1 Å². The summed E-state index contributed by atoms with van der Waals surface area (Å²) >= 11 is 11.9. The third kappa shape index (κ3) is 15.9. The summed E-state index contributed by atoms with van der Waals surface area (Å²) in [4.78, 5) is 77.8. The van der Waals surface area contributed by atoms with E-state index in [0.29, 0.717) is 24.2 Å². The van der Waals surface area contributed by atoms with Crippen molar-refractivity contribution in [2.45, 2.75) is 46.5 Å². The highest BCUT2D eigenvalue weighted by atomic mass is 35.5. The summed E-state index contributed by atoms with van der Waals surface area (Å²) in [5.41, 5.74) is -1.70. The molecule has 0 radical (unpaired) electrons. The number of hydrogen-bond donors (Lipinski definition) is 4. The van der Waals surface area contributed by atoms with Crippen molar-refractivity contribution in [1.82, 2.24) is 10.4 Å². The third-order valence-corrected chi connectivity index (χ3v) is 8.33. The Labute approximate surface area is 332 Å². The molecule has 0 aliphatic carbocycles.